The molecule has 0 fully saturated rings. The van der Waals surface area contributed by atoms with Crippen LogP contribution >= 0.6 is 11.6 Å². The molecule has 2 aromatic carbocycles. The second kappa shape index (κ2) is 8.58. The number of ether oxygens (including phenoxy) is 1. The lowest BCUT2D eigenvalue weighted by molar-refractivity contribution is -0.121. The number of carbonyl (C=O) groups is 1. The van der Waals surface area contributed by atoms with Crippen molar-refractivity contribution in [3.63, 3.8) is 0 Å². The molecule has 3 rings (SSSR count). The van der Waals surface area contributed by atoms with E-state index in [9.17, 15) is 4.79 Å². The molecule has 130 valence electrons. The van der Waals surface area contributed by atoms with Crippen LogP contribution in [0.15, 0.2) is 60.8 Å². The number of hydrogen-bond acceptors (Lipinski definition) is 2. The Labute approximate surface area is 152 Å². The Bertz CT molecular complexity index is 844. The van der Waals surface area contributed by atoms with Crippen molar-refractivity contribution < 1.29 is 9.53 Å². The van der Waals surface area contributed by atoms with E-state index in [-0.39, 0.29) is 5.91 Å². The van der Waals surface area contributed by atoms with Crippen LogP contribution in [-0.2, 0) is 11.3 Å². The van der Waals surface area contributed by atoms with Crippen molar-refractivity contribution in [3.05, 3.63) is 65.8 Å². The van der Waals surface area contributed by atoms with E-state index >= 15 is 0 Å². The van der Waals surface area contributed by atoms with Crippen LogP contribution < -0.4 is 10.1 Å². The Morgan fingerprint density at radius 1 is 1.08 bits per heavy atom. The van der Waals surface area contributed by atoms with Crippen molar-refractivity contribution in [2.45, 2.75) is 19.4 Å². The largest absolute Gasteiger partial charge is 0.492 e. The number of fused-ring (bicyclic) bond motifs is 1. The van der Waals surface area contributed by atoms with E-state index < -0.39 is 0 Å². The van der Waals surface area contributed by atoms with Crippen LogP contribution in [0.25, 0.3) is 10.9 Å². The molecule has 0 radical (unpaired) electrons. The van der Waals surface area contributed by atoms with Gasteiger partial charge in [0.15, 0.2) is 0 Å². The van der Waals surface area contributed by atoms with E-state index in [0.717, 1.165) is 6.54 Å². The van der Waals surface area contributed by atoms with Gasteiger partial charge in [0.25, 0.3) is 0 Å². The number of amides is 1. The van der Waals surface area contributed by atoms with Gasteiger partial charge in [0.1, 0.15) is 5.75 Å². The monoisotopic (exact) mass is 356 g/mol. The van der Waals surface area contributed by atoms with Gasteiger partial charge < -0.3 is 14.6 Å². The summed E-state index contributed by atoms with van der Waals surface area (Å²) in [7, 11) is 0. The average molecular weight is 357 g/mol. The lowest BCUT2D eigenvalue weighted by atomic mass is 10.2. The van der Waals surface area contributed by atoms with Gasteiger partial charge in [-0.2, -0.15) is 0 Å². The first-order chi connectivity index (χ1) is 12.2. The van der Waals surface area contributed by atoms with Crippen LogP contribution in [-0.4, -0.2) is 23.6 Å². The molecule has 0 unspecified atom stereocenters. The van der Waals surface area contributed by atoms with E-state index in [1.807, 2.05) is 36.5 Å². The zero-order valence-electron chi connectivity index (χ0n) is 14.0. The third-order valence-corrected chi connectivity index (χ3v) is 4.31. The summed E-state index contributed by atoms with van der Waals surface area (Å²) in [5.41, 5.74) is 1.19. The molecule has 1 N–H and O–H groups in total. The first-order valence-electron chi connectivity index (χ1n) is 8.42. The number of halogens is 1. The summed E-state index contributed by atoms with van der Waals surface area (Å²) in [4.78, 5) is 11.9. The molecule has 0 aliphatic heterocycles. The first-order valence-corrected chi connectivity index (χ1v) is 8.80. The maximum absolute atomic E-state index is 11.9. The number of hydrogen-bond donors (Lipinski definition) is 1. The van der Waals surface area contributed by atoms with Crippen molar-refractivity contribution >= 4 is 28.4 Å². The van der Waals surface area contributed by atoms with Gasteiger partial charge in [0.05, 0.1) is 11.6 Å². The van der Waals surface area contributed by atoms with Gasteiger partial charge in [0.2, 0.25) is 5.91 Å². The van der Waals surface area contributed by atoms with Gasteiger partial charge in [-0.25, -0.2) is 0 Å². The predicted molar refractivity (Wildman–Crippen MR) is 101 cm³/mol. The average Bonchev–Trinajstić information content (AvgIpc) is 3.03. The molecule has 4 nitrogen and oxygen atoms in total. The van der Waals surface area contributed by atoms with E-state index in [2.05, 4.69) is 28.1 Å². The van der Waals surface area contributed by atoms with Gasteiger partial charge in [-0.3, -0.25) is 4.79 Å². The Morgan fingerprint density at radius 2 is 1.88 bits per heavy atom. The quantitative estimate of drug-likeness (QED) is 0.612. The molecule has 0 saturated carbocycles. The summed E-state index contributed by atoms with van der Waals surface area (Å²) >= 11 is 6.02. The highest BCUT2D eigenvalue weighted by atomic mass is 35.5. The second-order valence-corrected chi connectivity index (χ2v) is 6.21. The number of nitrogens with zero attached hydrogens (tertiary/aromatic N) is 1. The molecule has 0 saturated heterocycles. The molecule has 0 spiro atoms. The zero-order valence-corrected chi connectivity index (χ0v) is 14.7. The number of rotatable bonds is 8. The molecule has 1 heterocycles. The maximum Gasteiger partial charge on any atom is 0.220 e. The summed E-state index contributed by atoms with van der Waals surface area (Å²) in [6, 6.07) is 17.7. The van der Waals surface area contributed by atoms with E-state index in [4.69, 9.17) is 16.3 Å². The lowest BCUT2D eigenvalue weighted by Gasteiger charge is -2.09. The molecule has 1 aromatic heterocycles. The van der Waals surface area contributed by atoms with Crippen molar-refractivity contribution in [1.82, 2.24) is 9.88 Å². The van der Waals surface area contributed by atoms with Gasteiger partial charge in [-0.1, -0.05) is 41.9 Å². The van der Waals surface area contributed by atoms with Crippen LogP contribution in [0.1, 0.15) is 12.8 Å². The summed E-state index contributed by atoms with van der Waals surface area (Å²) in [5, 5.41) is 4.76. The highest BCUT2D eigenvalue weighted by Gasteiger charge is 2.04. The van der Waals surface area contributed by atoms with Crippen molar-refractivity contribution in [1.29, 1.82) is 0 Å². The Balaban J connectivity index is 1.35. The molecule has 5 heteroatoms. The first kappa shape index (κ1) is 17.4. The molecular formula is C20H21ClN2O2. The molecule has 0 bridgehead atoms. The minimum Gasteiger partial charge on any atom is -0.492 e. The van der Waals surface area contributed by atoms with Crippen LogP contribution in [0.3, 0.4) is 0 Å². The second-order valence-electron chi connectivity index (χ2n) is 5.80. The minimum absolute atomic E-state index is 0.0409. The molecule has 0 atom stereocenters. The Morgan fingerprint density at radius 3 is 2.76 bits per heavy atom. The van der Waals surface area contributed by atoms with Crippen LogP contribution in [0.2, 0.25) is 5.02 Å². The fraction of sp³-hybridized carbons (Fsp3) is 0.250. The number of carbonyl (C=O) groups excluding carboxylic acids is 1. The molecule has 0 aliphatic rings. The molecule has 1 amide bonds. The van der Waals surface area contributed by atoms with Crippen molar-refractivity contribution in [3.8, 4) is 5.75 Å². The van der Waals surface area contributed by atoms with Crippen LogP contribution in [0.4, 0.5) is 0 Å². The smallest absolute Gasteiger partial charge is 0.220 e. The molecule has 0 aliphatic carbocycles. The highest BCUT2D eigenvalue weighted by molar-refractivity contribution is 6.32. The summed E-state index contributed by atoms with van der Waals surface area (Å²) in [6.45, 7) is 1.84. The van der Waals surface area contributed by atoms with Crippen molar-refractivity contribution in [2.24, 2.45) is 0 Å². The van der Waals surface area contributed by atoms with Gasteiger partial charge in [-0.05, 0) is 36.1 Å². The standard InChI is InChI=1S/C20H21ClN2O2/c21-17-7-2-4-9-19(17)25-15-5-10-20(24)22-12-14-23-13-11-16-6-1-3-8-18(16)23/h1-4,6-9,11,13H,5,10,12,14-15H2,(H,22,24). The van der Waals surface area contributed by atoms with Gasteiger partial charge in [-0.15, -0.1) is 0 Å². The van der Waals surface area contributed by atoms with Crippen LogP contribution in [0.5, 0.6) is 5.75 Å². The number of nitrogens with one attached hydrogen (secondary N) is 1. The van der Waals surface area contributed by atoms with Gasteiger partial charge >= 0.3 is 0 Å². The number of para-hydroxylation sites is 2. The zero-order chi connectivity index (χ0) is 17.5. The maximum atomic E-state index is 11.9. The highest BCUT2D eigenvalue weighted by Crippen LogP contribution is 2.23. The molecule has 3 aromatic rings. The minimum atomic E-state index is 0.0409. The lowest BCUT2D eigenvalue weighted by Crippen LogP contribution is -2.27. The van der Waals surface area contributed by atoms with Gasteiger partial charge in [0, 0.05) is 31.2 Å². The summed E-state index contributed by atoms with van der Waals surface area (Å²) < 4.78 is 7.73. The number of aromatic nitrogens is 1. The fourth-order valence-corrected chi connectivity index (χ4v) is 2.91. The van der Waals surface area contributed by atoms with E-state index in [1.165, 1.54) is 10.9 Å². The Hall–Kier alpha value is -2.46. The predicted octanol–water partition coefficient (Wildman–Crippen LogP) is 4.27. The topological polar surface area (TPSA) is 43.3 Å². The third-order valence-electron chi connectivity index (χ3n) is 4.00. The van der Waals surface area contributed by atoms with Crippen LogP contribution in [0, 0.1) is 0 Å². The Kier molecular flexibility index (Phi) is 5.96. The number of benzene rings is 2. The molecular weight excluding hydrogens is 336 g/mol. The van der Waals surface area contributed by atoms with Crippen molar-refractivity contribution in [2.75, 3.05) is 13.2 Å². The van der Waals surface area contributed by atoms with E-state index in [1.54, 1.807) is 6.07 Å². The normalized spacial score (nSPS) is 10.8. The molecule has 25 heavy (non-hydrogen) atoms. The summed E-state index contributed by atoms with van der Waals surface area (Å²) in [6.07, 6.45) is 3.15. The van der Waals surface area contributed by atoms with E-state index in [0.29, 0.717) is 36.8 Å². The third kappa shape index (κ3) is 4.77. The SMILES string of the molecule is O=C(CCCOc1ccccc1Cl)NCCn1ccc2ccccc21. The summed E-state index contributed by atoms with van der Waals surface area (Å²) in [5.74, 6) is 0.697. The fourth-order valence-electron chi connectivity index (χ4n) is 2.72.